The van der Waals surface area contributed by atoms with Crippen LogP contribution in [0.15, 0.2) is 66.7 Å². The van der Waals surface area contributed by atoms with Crippen LogP contribution < -0.4 is 20.1 Å². The van der Waals surface area contributed by atoms with E-state index >= 15 is 0 Å². The van der Waals surface area contributed by atoms with Gasteiger partial charge in [0.05, 0.1) is 20.1 Å². The van der Waals surface area contributed by atoms with Crippen LogP contribution in [0.2, 0.25) is 0 Å². The number of methoxy groups -OCH3 is 1. The normalized spacial score (nSPS) is 11.8. The van der Waals surface area contributed by atoms with Gasteiger partial charge in [0.1, 0.15) is 24.1 Å². The molecule has 3 aromatic rings. The number of benzene rings is 3. The van der Waals surface area contributed by atoms with Gasteiger partial charge in [-0.25, -0.2) is 0 Å². The van der Waals surface area contributed by atoms with E-state index in [9.17, 15) is 9.59 Å². The lowest BCUT2D eigenvalue weighted by molar-refractivity contribution is -0.129. The molecule has 168 valence electrons. The highest BCUT2D eigenvalue weighted by Gasteiger charge is 2.23. The first-order valence-corrected chi connectivity index (χ1v) is 10.8. The maximum absolute atomic E-state index is 12.6. The molecule has 2 N–H and O–H groups in total. The Morgan fingerprint density at radius 1 is 0.906 bits per heavy atom. The first-order valence-electron chi connectivity index (χ1n) is 10.8. The highest BCUT2D eigenvalue weighted by molar-refractivity contribution is 5.89. The van der Waals surface area contributed by atoms with Crippen molar-refractivity contribution in [1.29, 1.82) is 0 Å². The molecule has 0 saturated heterocycles. The molecule has 32 heavy (non-hydrogen) atoms. The minimum absolute atomic E-state index is 0.0435. The molecule has 3 aromatic carbocycles. The maximum atomic E-state index is 12.6. The van der Waals surface area contributed by atoms with Crippen molar-refractivity contribution in [1.82, 2.24) is 10.6 Å². The highest BCUT2D eigenvalue weighted by atomic mass is 16.5. The van der Waals surface area contributed by atoms with Gasteiger partial charge in [-0.15, -0.1) is 0 Å². The number of carbonyl (C=O) groups is 2. The summed E-state index contributed by atoms with van der Waals surface area (Å²) in [6, 6.07) is 20.6. The minimum atomic E-state index is -0.607. The second-order valence-corrected chi connectivity index (χ2v) is 7.96. The van der Waals surface area contributed by atoms with Crippen LogP contribution >= 0.6 is 0 Å². The molecular weight excluding hydrogens is 404 g/mol. The van der Waals surface area contributed by atoms with E-state index in [2.05, 4.69) is 10.6 Å². The zero-order valence-corrected chi connectivity index (χ0v) is 18.8. The van der Waals surface area contributed by atoms with E-state index in [1.54, 1.807) is 7.11 Å². The van der Waals surface area contributed by atoms with Crippen molar-refractivity contribution in [2.45, 2.75) is 26.3 Å². The van der Waals surface area contributed by atoms with Crippen LogP contribution in [0.1, 0.15) is 19.4 Å². The summed E-state index contributed by atoms with van der Waals surface area (Å²) in [5.41, 5.74) is 0.914. The zero-order chi connectivity index (χ0) is 22.9. The molecule has 0 aliphatic heterocycles. The summed E-state index contributed by atoms with van der Waals surface area (Å²) in [5.74, 6) is 1.01. The molecule has 1 unspecified atom stereocenters. The van der Waals surface area contributed by atoms with Crippen LogP contribution in [0.3, 0.4) is 0 Å². The largest absolute Gasteiger partial charge is 0.497 e. The summed E-state index contributed by atoms with van der Waals surface area (Å²) < 4.78 is 10.7. The lowest BCUT2D eigenvalue weighted by Gasteiger charge is -2.22. The molecule has 0 spiro atoms. The first-order chi connectivity index (χ1) is 15.5. The van der Waals surface area contributed by atoms with Crippen LogP contribution in [0, 0.1) is 5.92 Å². The van der Waals surface area contributed by atoms with E-state index in [1.807, 2.05) is 80.6 Å². The molecule has 0 bridgehead atoms. The van der Waals surface area contributed by atoms with E-state index in [-0.39, 0.29) is 24.2 Å². The quantitative estimate of drug-likeness (QED) is 0.477. The fourth-order valence-electron chi connectivity index (χ4n) is 3.42. The van der Waals surface area contributed by atoms with Gasteiger partial charge in [0.25, 0.3) is 0 Å². The Morgan fingerprint density at radius 3 is 2.28 bits per heavy atom. The third-order valence-corrected chi connectivity index (χ3v) is 5.17. The van der Waals surface area contributed by atoms with Gasteiger partial charge in [0.2, 0.25) is 11.8 Å². The third-order valence-electron chi connectivity index (χ3n) is 5.17. The monoisotopic (exact) mass is 434 g/mol. The summed E-state index contributed by atoms with van der Waals surface area (Å²) in [5, 5.41) is 7.95. The van der Waals surface area contributed by atoms with E-state index in [1.165, 1.54) is 0 Å². The van der Waals surface area contributed by atoms with Gasteiger partial charge in [-0.05, 0) is 46.5 Å². The standard InChI is InChI=1S/C26H30N2O4/c1-18(2)25(26(30)27-14-15-32-23-12-10-22(31-3)11-13-23)28-24(29)17-19-8-9-20-6-4-5-7-21(20)16-19/h4-13,16,18,25H,14-15,17H2,1-3H3,(H,27,30)(H,28,29). The van der Waals surface area contributed by atoms with Gasteiger partial charge in [-0.3, -0.25) is 9.59 Å². The zero-order valence-electron chi connectivity index (χ0n) is 18.8. The molecule has 6 nitrogen and oxygen atoms in total. The lowest BCUT2D eigenvalue weighted by Crippen LogP contribution is -2.50. The van der Waals surface area contributed by atoms with Gasteiger partial charge in [-0.2, -0.15) is 0 Å². The fourth-order valence-corrected chi connectivity index (χ4v) is 3.42. The molecule has 0 saturated carbocycles. The molecule has 2 amide bonds. The first kappa shape index (κ1) is 23.1. The van der Waals surface area contributed by atoms with Crippen LogP contribution in [0.5, 0.6) is 11.5 Å². The Kier molecular flexibility index (Phi) is 8.08. The molecule has 0 aliphatic carbocycles. The summed E-state index contributed by atoms with van der Waals surface area (Å²) in [7, 11) is 1.61. The lowest BCUT2D eigenvalue weighted by atomic mass is 10.0. The maximum Gasteiger partial charge on any atom is 0.242 e. The molecule has 0 fully saturated rings. The van der Waals surface area contributed by atoms with Crippen molar-refractivity contribution in [3.63, 3.8) is 0 Å². The van der Waals surface area contributed by atoms with E-state index in [0.29, 0.717) is 18.9 Å². The van der Waals surface area contributed by atoms with E-state index in [0.717, 1.165) is 22.1 Å². The number of amides is 2. The number of nitrogens with one attached hydrogen (secondary N) is 2. The Balaban J connectivity index is 1.48. The second-order valence-electron chi connectivity index (χ2n) is 7.96. The van der Waals surface area contributed by atoms with Crippen molar-refractivity contribution < 1.29 is 19.1 Å². The second kappa shape index (κ2) is 11.2. The predicted molar refractivity (Wildman–Crippen MR) is 126 cm³/mol. The average molecular weight is 435 g/mol. The average Bonchev–Trinajstić information content (AvgIpc) is 2.80. The van der Waals surface area contributed by atoms with Gasteiger partial charge in [0, 0.05) is 0 Å². The number of fused-ring (bicyclic) bond motifs is 1. The van der Waals surface area contributed by atoms with Crippen molar-refractivity contribution in [2.75, 3.05) is 20.3 Å². The Labute approximate surface area is 188 Å². The summed E-state index contributed by atoms with van der Waals surface area (Å²) in [6.45, 7) is 4.49. The molecule has 0 heterocycles. The highest BCUT2D eigenvalue weighted by Crippen LogP contribution is 2.17. The smallest absolute Gasteiger partial charge is 0.242 e. The fraction of sp³-hybridized carbons (Fsp3) is 0.308. The molecular formula is C26H30N2O4. The van der Waals surface area contributed by atoms with Crippen LogP contribution in [0.4, 0.5) is 0 Å². The third kappa shape index (κ3) is 6.48. The molecule has 0 radical (unpaired) electrons. The minimum Gasteiger partial charge on any atom is -0.497 e. The number of carbonyl (C=O) groups excluding carboxylic acids is 2. The van der Waals surface area contributed by atoms with Crippen molar-refractivity contribution >= 4 is 22.6 Å². The molecule has 1 atom stereocenters. The summed E-state index contributed by atoms with van der Waals surface area (Å²) in [6.07, 6.45) is 0.224. The molecule has 3 rings (SSSR count). The molecule has 6 heteroatoms. The van der Waals surface area contributed by atoms with E-state index < -0.39 is 6.04 Å². The Hall–Kier alpha value is -3.54. The van der Waals surface area contributed by atoms with Crippen LogP contribution in [-0.4, -0.2) is 38.1 Å². The van der Waals surface area contributed by atoms with Gasteiger partial charge >= 0.3 is 0 Å². The topological polar surface area (TPSA) is 76.7 Å². The molecule has 0 aliphatic rings. The van der Waals surface area contributed by atoms with Gasteiger partial charge < -0.3 is 20.1 Å². The van der Waals surface area contributed by atoms with E-state index in [4.69, 9.17) is 9.47 Å². The Morgan fingerprint density at radius 2 is 1.59 bits per heavy atom. The van der Waals surface area contributed by atoms with Crippen molar-refractivity contribution in [3.8, 4) is 11.5 Å². The van der Waals surface area contributed by atoms with Gasteiger partial charge in [-0.1, -0.05) is 56.3 Å². The van der Waals surface area contributed by atoms with Crippen molar-refractivity contribution in [3.05, 3.63) is 72.3 Å². The SMILES string of the molecule is COc1ccc(OCCNC(=O)C(NC(=O)Cc2ccc3ccccc3c2)C(C)C)cc1. The van der Waals surface area contributed by atoms with Crippen molar-refractivity contribution in [2.24, 2.45) is 5.92 Å². The number of rotatable bonds is 10. The molecule has 0 aromatic heterocycles. The van der Waals surface area contributed by atoms with Crippen LogP contribution in [-0.2, 0) is 16.0 Å². The predicted octanol–water partition coefficient (Wildman–Crippen LogP) is 3.73. The summed E-state index contributed by atoms with van der Waals surface area (Å²) in [4.78, 5) is 25.3. The Bertz CT molecular complexity index is 1050. The number of hydrogen-bond acceptors (Lipinski definition) is 4. The number of hydrogen-bond donors (Lipinski definition) is 2. The van der Waals surface area contributed by atoms with Gasteiger partial charge in [0.15, 0.2) is 0 Å². The van der Waals surface area contributed by atoms with Crippen LogP contribution in [0.25, 0.3) is 10.8 Å². The number of ether oxygens (including phenoxy) is 2. The summed E-state index contributed by atoms with van der Waals surface area (Å²) >= 11 is 0.